The maximum absolute atomic E-state index is 6.31. The van der Waals surface area contributed by atoms with Crippen molar-refractivity contribution in [1.29, 1.82) is 0 Å². The topological polar surface area (TPSA) is 66.6 Å². The summed E-state index contributed by atoms with van der Waals surface area (Å²) in [6.07, 6.45) is 4.22. The Hall–Kier alpha value is -2.27. The van der Waals surface area contributed by atoms with Gasteiger partial charge in [-0.05, 0) is 30.2 Å². The van der Waals surface area contributed by atoms with Gasteiger partial charge in [0.25, 0.3) is 0 Å². The van der Waals surface area contributed by atoms with E-state index in [-0.39, 0.29) is 6.04 Å². The number of ether oxygens (including phenoxy) is 3. The Bertz CT molecular complexity index is 588. The number of pyridine rings is 1. The molecule has 0 spiro atoms. The molecule has 0 aliphatic carbocycles. The van der Waals surface area contributed by atoms with Gasteiger partial charge in [0.15, 0.2) is 11.5 Å². The van der Waals surface area contributed by atoms with Crippen LogP contribution in [0.5, 0.6) is 17.2 Å². The van der Waals surface area contributed by atoms with Crippen molar-refractivity contribution in [2.45, 2.75) is 12.5 Å². The van der Waals surface area contributed by atoms with Gasteiger partial charge in [0.1, 0.15) is 0 Å². The molecule has 1 atom stereocenters. The van der Waals surface area contributed by atoms with Crippen LogP contribution in [0.1, 0.15) is 17.2 Å². The van der Waals surface area contributed by atoms with E-state index < -0.39 is 0 Å². The lowest BCUT2D eigenvalue weighted by Crippen LogP contribution is -2.15. The van der Waals surface area contributed by atoms with Gasteiger partial charge in [0.05, 0.1) is 21.3 Å². The van der Waals surface area contributed by atoms with Crippen molar-refractivity contribution in [3.8, 4) is 17.2 Å². The molecule has 2 rings (SSSR count). The van der Waals surface area contributed by atoms with E-state index in [1.54, 1.807) is 27.5 Å². The highest BCUT2D eigenvalue weighted by Crippen LogP contribution is 2.42. The van der Waals surface area contributed by atoms with Gasteiger partial charge in [-0.25, -0.2) is 0 Å². The third-order valence-electron chi connectivity index (χ3n) is 3.31. The summed E-state index contributed by atoms with van der Waals surface area (Å²) in [7, 11) is 4.76. The van der Waals surface area contributed by atoms with Gasteiger partial charge in [-0.2, -0.15) is 0 Å². The van der Waals surface area contributed by atoms with Crippen LogP contribution in [-0.4, -0.2) is 26.3 Å². The van der Waals surface area contributed by atoms with Gasteiger partial charge in [-0.1, -0.05) is 6.07 Å². The van der Waals surface area contributed by atoms with Gasteiger partial charge in [-0.15, -0.1) is 0 Å². The Morgan fingerprint density at radius 2 is 1.81 bits per heavy atom. The fourth-order valence-electron chi connectivity index (χ4n) is 2.30. The molecule has 1 aromatic heterocycles. The minimum absolute atomic E-state index is 0.219. The second-order valence-electron chi connectivity index (χ2n) is 4.60. The van der Waals surface area contributed by atoms with Crippen LogP contribution in [-0.2, 0) is 6.42 Å². The monoisotopic (exact) mass is 288 g/mol. The Labute approximate surface area is 124 Å². The van der Waals surface area contributed by atoms with Crippen LogP contribution in [0.4, 0.5) is 0 Å². The van der Waals surface area contributed by atoms with Crippen LogP contribution < -0.4 is 19.9 Å². The average Bonchev–Trinajstić information content (AvgIpc) is 2.53. The Kier molecular flexibility index (Phi) is 5.00. The molecule has 5 nitrogen and oxygen atoms in total. The molecule has 0 aliphatic rings. The van der Waals surface area contributed by atoms with Crippen molar-refractivity contribution < 1.29 is 14.2 Å². The standard InChI is InChI=1S/C16H20N2O3/c1-19-14-7-6-12(15(20-2)16(14)21-3)13(17)9-11-5-4-8-18-10-11/h4-8,10,13H,9,17H2,1-3H3. The summed E-state index contributed by atoms with van der Waals surface area (Å²) < 4.78 is 16.1. The third kappa shape index (κ3) is 3.25. The van der Waals surface area contributed by atoms with E-state index in [0.717, 1.165) is 11.1 Å². The lowest BCUT2D eigenvalue weighted by Gasteiger charge is -2.19. The van der Waals surface area contributed by atoms with Crippen LogP contribution in [0.15, 0.2) is 36.7 Å². The van der Waals surface area contributed by atoms with E-state index in [4.69, 9.17) is 19.9 Å². The zero-order valence-corrected chi connectivity index (χ0v) is 12.5. The number of benzene rings is 1. The Morgan fingerprint density at radius 1 is 1.05 bits per heavy atom. The third-order valence-corrected chi connectivity index (χ3v) is 3.31. The van der Waals surface area contributed by atoms with Gasteiger partial charge in [-0.3, -0.25) is 4.98 Å². The van der Waals surface area contributed by atoms with Crippen molar-refractivity contribution >= 4 is 0 Å². The molecular formula is C16H20N2O3. The van der Waals surface area contributed by atoms with Crippen molar-refractivity contribution in [2.75, 3.05) is 21.3 Å². The Balaban J connectivity index is 2.34. The number of aromatic nitrogens is 1. The van der Waals surface area contributed by atoms with Crippen molar-refractivity contribution in [2.24, 2.45) is 5.73 Å². The molecule has 2 N–H and O–H groups in total. The maximum atomic E-state index is 6.31. The molecule has 0 saturated carbocycles. The zero-order chi connectivity index (χ0) is 15.2. The van der Waals surface area contributed by atoms with E-state index in [2.05, 4.69) is 4.98 Å². The normalized spacial score (nSPS) is 11.8. The quantitative estimate of drug-likeness (QED) is 0.883. The predicted octanol–water partition coefficient (Wildman–Crippen LogP) is 2.35. The lowest BCUT2D eigenvalue weighted by molar-refractivity contribution is 0.320. The first kappa shape index (κ1) is 15.1. The second kappa shape index (κ2) is 6.95. The van der Waals surface area contributed by atoms with Gasteiger partial charge >= 0.3 is 0 Å². The molecule has 0 aliphatic heterocycles. The first-order valence-electron chi connectivity index (χ1n) is 6.64. The van der Waals surface area contributed by atoms with E-state index in [9.17, 15) is 0 Å². The van der Waals surface area contributed by atoms with Gasteiger partial charge in [0.2, 0.25) is 5.75 Å². The molecule has 1 heterocycles. The number of hydrogen-bond donors (Lipinski definition) is 1. The molecule has 112 valence electrons. The van der Waals surface area contributed by atoms with Crippen molar-refractivity contribution in [3.63, 3.8) is 0 Å². The molecule has 21 heavy (non-hydrogen) atoms. The highest BCUT2D eigenvalue weighted by molar-refractivity contribution is 5.56. The summed E-state index contributed by atoms with van der Waals surface area (Å²) in [6, 6.07) is 7.42. The SMILES string of the molecule is COc1ccc(C(N)Cc2cccnc2)c(OC)c1OC. The highest BCUT2D eigenvalue weighted by atomic mass is 16.5. The van der Waals surface area contributed by atoms with Crippen LogP contribution in [0.25, 0.3) is 0 Å². The minimum atomic E-state index is -0.219. The fourth-order valence-corrected chi connectivity index (χ4v) is 2.30. The number of hydrogen-bond acceptors (Lipinski definition) is 5. The largest absolute Gasteiger partial charge is 0.493 e. The first-order valence-corrected chi connectivity index (χ1v) is 6.64. The molecular weight excluding hydrogens is 268 g/mol. The summed E-state index contributed by atoms with van der Waals surface area (Å²) >= 11 is 0. The summed E-state index contributed by atoms with van der Waals surface area (Å²) in [5.41, 5.74) is 8.26. The molecule has 2 aromatic rings. The predicted molar refractivity (Wildman–Crippen MR) is 81.0 cm³/mol. The van der Waals surface area contributed by atoms with Crippen LogP contribution in [0.3, 0.4) is 0 Å². The Morgan fingerprint density at radius 3 is 2.38 bits per heavy atom. The summed E-state index contributed by atoms with van der Waals surface area (Å²) in [4.78, 5) is 4.10. The summed E-state index contributed by atoms with van der Waals surface area (Å²) in [6.45, 7) is 0. The molecule has 5 heteroatoms. The number of methoxy groups -OCH3 is 3. The second-order valence-corrected chi connectivity index (χ2v) is 4.60. The summed E-state index contributed by atoms with van der Waals surface area (Å²) in [5.74, 6) is 1.78. The molecule has 1 aromatic carbocycles. The molecule has 0 radical (unpaired) electrons. The zero-order valence-electron chi connectivity index (χ0n) is 12.5. The molecule has 1 unspecified atom stereocenters. The van der Waals surface area contributed by atoms with E-state index >= 15 is 0 Å². The van der Waals surface area contributed by atoms with Crippen LogP contribution in [0.2, 0.25) is 0 Å². The van der Waals surface area contributed by atoms with Crippen molar-refractivity contribution in [3.05, 3.63) is 47.8 Å². The van der Waals surface area contributed by atoms with E-state index in [0.29, 0.717) is 23.7 Å². The minimum Gasteiger partial charge on any atom is -0.493 e. The fraction of sp³-hybridized carbons (Fsp3) is 0.312. The molecule has 0 bridgehead atoms. The molecule has 0 saturated heterocycles. The van der Waals surface area contributed by atoms with Gasteiger partial charge < -0.3 is 19.9 Å². The summed E-state index contributed by atoms with van der Waals surface area (Å²) in [5, 5.41) is 0. The number of rotatable bonds is 6. The van der Waals surface area contributed by atoms with E-state index in [1.165, 1.54) is 0 Å². The number of nitrogens with zero attached hydrogens (tertiary/aromatic N) is 1. The molecule has 0 amide bonds. The van der Waals surface area contributed by atoms with Crippen LogP contribution in [0, 0.1) is 0 Å². The average molecular weight is 288 g/mol. The number of nitrogens with two attached hydrogens (primary N) is 1. The first-order chi connectivity index (χ1) is 10.2. The van der Waals surface area contributed by atoms with E-state index in [1.807, 2.05) is 30.5 Å². The maximum Gasteiger partial charge on any atom is 0.203 e. The highest BCUT2D eigenvalue weighted by Gasteiger charge is 2.20. The van der Waals surface area contributed by atoms with Gasteiger partial charge in [0, 0.05) is 24.0 Å². The van der Waals surface area contributed by atoms with Crippen molar-refractivity contribution in [1.82, 2.24) is 4.98 Å². The molecule has 0 fully saturated rings. The lowest BCUT2D eigenvalue weighted by atomic mass is 9.99. The van der Waals surface area contributed by atoms with Crippen LogP contribution >= 0.6 is 0 Å². The smallest absolute Gasteiger partial charge is 0.203 e.